The fourth-order valence-electron chi connectivity index (χ4n) is 1.25. The van der Waals surface area contributed by atoms with Gasteiger partial charge in [-0.05, 0) is 11.6 Å². The molecule has 0 unspecified atom stereocenters. The van der Waals surface area contributed by atoms with Crippen LogP contribution in [0.3, 0.4) is 0 Å². The van der Waals surface area contributed by atoms with E-state index in [1.165, 1.54) is 0 Å². The molecule has 4 nitrogen and oxygen atoms in total. The zero-order valence-electron chi connectivity index (χ0n) is 7.77. The first-order chi connectivity index (χ1) is 7.25. The number of rotatable bonds is 2. The summed E-state index contributed by atoms with van der Waals surface area (Å²) in [5.74, 6) is -0.515. The standard InChI is InChI=1S/C10H8FN3O/c11-8-6-13-10(15)14-9(8)4-7-2-1-3-12-5-7/h1-3,5-6H,4H2,(H,13,14,15). The second kappa shape index (κ2) is 4.00. The van der Waals surface area contributed by atoms with E-state index in [-0.39, 0.29) is 5.69 Å². The van der Waals surface area contributed by atoms with E-state index in [2.05, 4.69) is 15.0 Å². The number of nitrogens with one attached hydrogen (secondary N) is 1. The van der Waals surface area contributed by atoms with Crippen LogP contribution < -0.4 is 5.69 Å². The van der Waals surface area contributed by atoms with E-state index in [9.17, 15) is 9.18 Å². The third-order valence-electron chi connectivity index (χ3n) is 1.94. The summed E-state index contributed by atoms with van der Waals surface area (Å²) < 4.78 is 13.2. The number of halogens is 1. The van der Waals surface area contributed by atoms with Crippen molar-refractivity contribution >= 4 is 0 Å². The topological polar surface area (TPSA) is 58.6 Å². The largest absolute Gasteiger partial charge is 0.345 e. The molecular formula is C10H8FN3O. The van der Waals surface area contributed by atoms with Crippen LogP contribution in [0.25, 0.3) is 0 Å². The molecule has 0 aromatic carbocycles. The van der Waals surface area contributed by atoms with Gasteiger partial charge in [0, 0.05) is 18.8 Å². The van der Waals surface area contributed by atoms with Crippen LogP contribution in [0.2, 0.25) is 0 Å². The summed E-state index contributed by atoms with van der Waals surface area (Å²) in [4.78, 5) is 20.4. The van der Waals surface area contributed by atoms with E-state index >= 15 is 0 Å². The summed E-state index contributed by atoms with van der Waals surface area (Å²) in [6, 6.07) is 3.57. The van der Waals surface area contributed by atoms with E-state index in [1.54, 1.807) is 18.5 Å². The molecule has 0 spiro atoms. The Kier molecular flexibility index (Phi) is 2.53. The van der Waals surface area contributed by atoms with Crippen molar-refractivity contribution in [3.05, 3.63) is 58.3 Å². The SMILES string of the molecule is O=c1ncc(F)c(Cc2cccnc2)[nH]1. The van der Waals surface area contributed by atoms with Crippen molar-refractivity contribution in [2.45, 2.75) is 6.42 Å². The minimum atomic E-state index is -0.546. The molecule has 2 aromatic heterocycles. The van der Waals surface area contributed by atoms with Crippen molar-refractivity contribution in [1.82, 2.24) is 15.0 Å². The maximum absolute atomic E-state index is 13.2. The first kappa shape index (κ1) is 9.51. The molecule has 2 heterocycles. The maximum Gasteiger partial charge on any atom is 0.345 e. The number of pyridine rings is 1. The van der Waals surface area contributed by atoms with Gasteiger partial charge < -0.3 is 4.98 Å². The molecular weight excluding hydrogens is 197 g/mol. The van der Waals surface area contributed by atoms with Gasteiger partial charge in [-0.15, -0.1) is 0 Å². The van der Waals surface area contributed by atoms with Gasteiger partial charge in [-0.1, -0.05) is 6.07 Å². The van der Waals surface area contributed by atoms with Crippen LogP contribution in [0.1, 0.15) is 11.3 Å². The molecule has 2 aromatic rings. The molecule has 0 bridgehead atoms. The highest BCUT2D eigenvalue weighted by molar-refractivity contribution is 5.17. The van der Waals surface area contributed by atoms with Gasteiger partial charge >= 0.3 is 5.69 Å². The molecule has 0 fully saturated rings. The summed E-state index contributed by atoms with van der Waals surface area (Å²) >= 11 is 0. The number of H-pyrrole nitrogens is 1. The normalized spacial score (nSPS) is 10.2. The quantitative estimate of drug-likeness (QED) is 0.792. The average Bonchev–Trinajstić information content (AvgIpc) is 2.25. The molecule has 5 heteroatoms. The summed E-state index contributed by atoms with van der Waals surface area (Å²) in [6.07, 6.45) is 4.48. The van der Waals surface area contributed by atoms with Gasteiger partial charge in [0.2, 0.25) is 0 Å². The van der Waals surface area contributed by atoms with Gasteiger partial charge in [0.25, 0.3) is 0 Å². The van der Waals surface area contributed by atoms with Gasteiger partial charge in [-0.25, -0.2) is 9.18 Å². The number of hydrogen-bond donors (Lipinski definition) is 1. The Morgan fingerprint density at radius 3 is 3.00 bits per heavy atom. The molecule has 0 atom stereocenters. The Balaban J connectivity index is 2.32. The van der Waals surface area contributed by atoms with E-state index in [4.69, 9.17) is 0 Å². The Morgan fingerprint density at radius 2 is 2.27 bits per heavy atom. The lowest BCUT2D eigenvalue weighted by Gasteiger charge is -2.01. The van der Waals surface area contributed by atoms with E-state index in [1.807, 2.05) is 6.07 Å². The van der Waals surface area contributed by atoms with Crippen molar-refractivity contribution in [2.75, 3.05) is 0 Å². The molecule has 0 amide bonds. The lowest BCUT2D eigenvalue weighted by Crippen LogP contribution is -2.14. The van der Waals surface area contributed by atoms with Crippen LogP contribution in [0.5, 0.6) is 0 Å². The van der Waals surface area contributed by atoms with Crippen LogP contribution in [0.15, 0.2) is 35.5 Å². The summed E-state index contributed by atoms with van der Waals surface area (Å²) in [5.41, 5.74) is 0.511. The van der Waals surface area contributed by atoms with Gasteiger partial charge in [0.1, 0.15) is 0 Å². The Labute approximate surface area is 84.8 Å². The summed E-state index contributed by atoms with van der Waals surface area (Å²) in [5, 5.41) is 0. The van der Waals surface area contributed by atoms with Crippen LogP contribution in [-0.4, -0.2) is 15.0 Å². The van der Waals surface area contributed by atoms with Crippen molar-refractivity contribution < 1.29 is 4.39 Å². The molecule has 1 N–H and O–H groups in total. The van der Waals surface area contributed by atoms with Crippen molar-refractivity contribution in [1.29, 1.82) is 0 Å². The minimum Gasteiger partial charge on any atom is -0.307 e. The first-order valence-corrected chi connectivity index (χ1v) is 4.38. The minimum absolute atomic E-state index is 0.225. The Bertz CT molecular complexity index is 510. The van der Waals surface area contributed by atoms with Crippen molar-refractivity contribution in [3.8, 4) is 0 Å². The number of hydrogen-bond acceptors (Lipinski definition) is 3. The van der Waals surface area contributed by atoms with Crippen LogP contribution >= 0.6 is 0 Å². The number of aromatic nitrogens is 3. The van der Waals surface area contributed by atoms with Crippen LogP contribution in [0, 0.1) is 5.82 Å². The van der Waals surface area contributed by atoms with Gasteiger partial charge in [0.15, 0.2) is 5.82 Å². The zero-order chi connectivity index (χ0) is 10.7. The Morgan fingerprint density at radius 1 is 1.40 bits per heavy atom. The predicted octanol–water partition coefficient (Wildman–Crippen LogP) is 0.895. The molecule has 0 aliphatic carbocycles. The summed E-state index contributed by atoms with van der Waals surface area (Å²) in [6.45, 7) is 0. The third kappa shape index (κ3) is 2.25. The number of nitrogens with zero attached hydrogens (tertiary/aromatic N) is 2. The highest BCUT2D eigenvalue weighted by atomic mass is 19.1. The first-order valence-electron chi connectivity index (χ1n) is 4.38. The van der Waals surface area contributed by atoms with Crippen LogP contribution in [-0.2, 0) is 6.42 Å². The van der Waals surface area contributed by atoms with Crippen molar-refractivity contribution in [3.63, 3.8) is 0 Å². The fraction of sp³-hybridized carbons (Fsp3) is 0.100. The molecule has 0 aliphatic heterocycles. The van der Waals surface area contributed by atoms with Gasteiger partial charge in [0.05, 0.1) is 11.9 Å². The average molecular weight is 205 g/mol. The molecule has 15 heavy (non-hydrogen) atoms. The lowest BCUT2D eigenvalue weighted by molar-refractivity contribution is 0.592. The highest BCUT2D eigenvalue weighted by Crippen LogP contribution is 2.06. The smallest absolute Gasteiger partial charge is 0.307 e. The molecule has 0 radical (unpaired) electrons. The molecule has 76 valence electrons. The van der Waals surface area contributed by atoms with E-state index in [0.29, 0.717) is 6.42 Å². The predicted molar refractivity (Wildman–Crippen MR) is 51.9 cm³/mol. The second-order valence-electron chi connectivity index (χ2n) is 3.05. The molecule has 2 rings (SSSR count). The highest BCUT2D eigenvalue weighted by Gasteiger charge is 2.04. The van der Waals surface area contributed by atoms with E-state index < -0.39 is 11.5 Å². The third-order valence-corrected chi connectivity index (χ3v) is 1.94. The second-order valence-corrected chi connectivity index (χ2v) is 3.05. The fourth-order valence-corrected chi connectivity index (χ4v) is 1.25. The molecule has 0 aliphatic rings. The Hall–Kier alpha value is -2.04. The maximum atomic E-state index is 13.2. The monoisotopic (exact) mass is 205 g/mol. The zero-order valence-corrected chi connectivity index (χ0v) is 7.77. The molecule has 0 saturated heterocycles. The molecule has 0 saturated carbocycles. The van der Waals surface area contributed by atoms with Gasteiger partial charge in [-0.3, -0.25) is 4.98 Å². The van der Waals surface area contributed by atoms with Gasteiger partial charge in [-0.2, -0.15) is 4.98 Å². The lowest BCUT2D eigenvalue weighted by atomic mass is 10.1. The van der Waals surface area contributed by atoms with Crippen LogP contribution in [0.4, 0.5) is 4.39 Å². The van der Waals surface area contributed by atoms with Crippen molar-refractivity contribution in [2.24, 2.45) is 0 Å². The summed E-state index contributed by atoms with van der Waals surface area (Å²) in [7, 11) is 0. The number of aromatic amines is 1. The van der Waals surface area contributed by atoms with E-state index in [0.717, 1.165) is 11.8 Å².